The second-order valence-corrected chi connectivity index (χ2v) is 6.40. The van der Waals surface area contributed by atoms with Crippen molar-refractivity contribution in [2.45, 2.75) is 42.7 Å². The number of ether oxygens (including phenoxy) is 1. The normalized spacial score (nSPS) is 18.1. The minimum Gasteiger partial charge on any atom is -0.454 e. The van der Waals surface area contributed by atoms with Crippen LogP contribution in [0.4, 0.5) is 22.0 Å². The lowest BCUT2D eigenvalue weighted by molar-refractivity contribution is -0.0977. The van der Waals surface area contributed by atoms with Gasteiger partial charge in [0.25, 0.3) is 5.92 Å². The first-order valence-corrected chi connectivity index (χ1v) is 8.52. The summed E-state index contributed by atoms with van der Waals surface area (Å²) in [6.45, 7) is 4.00. The van der Waals surface area contributed by atoms with Gasteiger partial charge in [0.2, 0.25) is 0 Å². The van der Waals surface area contributed by atoms with Gasteiger partial charge in [-0.25, -0.2) is 8.78 Å². The Morgan fingerprint density at radius 3 is 2.50 bits per heavy atom. The van der Waals surface area contributed by atoms with Crippen molar-refractivity contribution >= 4 is 11.8 Å². The smallest absolute Gasteiger partial charge is 0.446 e. The van der Waals surface area contributed by atoms with Crippen LogP contribution in [0.5, 0.6) is 11.5 Å². The second kappa shape index (κ2) is 7.43. The van der Waals surface area contributed by atoms with Crippen molar-refractivity contribution in [3.8, 4) is 11.5 Å². The molecule has 2 aromatic rings. The van der Waals surface area contributed by atoms with Crippen molar-refractivity contribution in [2.75, 3.05) is 0 Å². The molecule has 10 heteroatoms. The molecule has 1 atom stereocenters. The molecule has 0 amide bonds. The predicted molar refractivity (Wildman–Crippen MR) is 86.6 cm³/mol. The Labute approximate surface area is 151 Å². The molecule has 0 fully saturated rings. The molecule has 144 valence electrons. The van der Waals surface area contributed by atoms with E-state index >= 15 is 0 Å². The first-order valence-electron chi connectivity index (χ1n) is 7.71. The second-order valence-electron chi connectivity index (χ2n) is 5.29. The third-order valence-corrected chi connectivity index (χ3v) is 4.30. The molecule has 1 aliphatic carbocycles. The quantitative estimate of drug-likeness (QED) is 0.581. The maximum absolute atomic E-state index is 13.9. The van der Waals surface area contributed by atoms with Crippen molar-refractivity contribution in [3.05, 3.63) is 35.7 Å². The Morgan fingerprint density at radius 1 is 1.31 bits per heavy atom. The molecule has 1 aromatic heterocycles. The maximum Gasteiger partial charge on any atom is 0.446 e. The number of aryl methyl sites for hydroxylation is 1. The average Bonchev–Trinajstić information content (AvgIpc) is 3.04. The van der Waals surface area contributed by atoms with Gasteiger partial charge in [-0.3, -0.25) is 4.68 Å². The molecule has 3 rings (SSSR count). The first kappa shape index (κ1) is 20.5. The summed E-state index contributed by atoms with van der Waals surface area (Å²) in [4.78, 5) is -0.458. The molecule has 0 bridgehead atoms. The molecule has 26 heavy (non-hydrogen) atoms. The summed E-state index contributed by atoms with van der Waals surface area (Å²) >= 11 is -0.536. The fourth-order valence-corrected chi connectivity index (χ4v) is 3.27. The summed E-state index contributed by atoms with van der Waals surface area (Å²) in [5.41, 5.74) is -5.23. The Morgan fingerprint density at radius 2 is 1.96 bits per heavy atom. The van der Waals surface area contributed by atoms with Crippen molar-refractivity contribution in [1.29, 1.82) is 0 Å². The van der Waals surface area contributed by atoms with E-state index in [1.54, 1.807) is 7.05 Å². The standard InChI is InChI=1S/C14H11F5N2O2S.C2H6/c1-21-6-7(5-20-21)23-9-2-3-10(24-14(17,18)19)11-8(9)4-13(15,16)12(11)22;1-2/h2-3,5-6,12,22H,4H2,1H3;1-2H3. The third-order valence-electron chi connectivity index (χ3n) is 3.49. The van der Waals surface area contributed by atoms with E-state index < -0.39 is 46.2 Å². The molecule has 1 aromatic carbocycles. The number of hydrogen-bond donors (Lipinski definition) is 1. The van der Waals surface area contributed by atoms with Gasteiger partial charge in [0.1, 0.15) is 11.9 Å². The summed E-state index contributed by atoms with van der Waals surface area (Å²) in [7, 11) is 1.62. The van der Waals surface area contributed by atoms with Crippen molar-refractivity contribution in [1.82, 2.24) is 9.78 Å². The summed E-state index contributed by atoms with van der Waals surface area (Å²) in [6.07, 6.45) is -0.386. The van der Waals surface area contributed by atoms with Gasteiger partial charge in [-0.05, 0) is 23.9 Å². The molecule has 0 saturated carbocycles. The molecular formula is C16H17F5N2O2S. The van der Waals surface area contributed by atoms with E-state index in [1.165, 1.54) is 23.1 Å². The number of thioether (sulfide) groups is 1. The lowest BCUT2D eigenvalue weighted by atomic mass is 10.1. The molecule has 0 radical (unpaired) electrons. The van der Waals surface area contributed by atoms with Gasteiger partial charge in [-0.15, -0.1) is 0 Å². The number of rotatable bonds is 3. The monoisotopic (exact) mass is 396 g/mol. The molecule has 0 spiro atoms. The van der Waals surface area contributed by atoms with E-state index in [1.807, 2.05) is 13.8 Å². The van der Waals surface area contributed by atoms with Crippen LogP contribution in [0.15, 0.2) is 29.4 Å². The van der Waals surface area contributed by atoms with Crippen molar-refractivity contribution in [3.63, 3.8) is 0 Å². The van der Waals surface area contributed by atoms with Crippen LogP contribution in [0.3, 0.4) is 0 Å². The van der Waals surface area contributed by atoms with Gasteiger partial charge in [-0.1, -0.05) is 13.8 Å². The Kier molecular flexibility index (Phi) is 5.86. The molecule has 1 unspecified atom stereocenters. The van der Waals surface area contributed by atoms with E-state index in [0.29, 0.717) is 0 Å². The fraction of sp³-hybridized carbons (Fsp3) is 0.438. The molecular weight excluding hydrogens is 379 g/mol. The highest BCUT2D eigenvalue weighted by Gasteiger charge is 2.50. The number of halogens is 5. The molecule has 0 saturated heterocycles. The highest BCUT2D eigenvalue weighted by molar-refractivity contribution is 8.00. The minimum absolute atomic E-state index is 0.0271. The van der Waals surface area contributed by atoms with E-state index in [0.717, 1.165) is 6.07 Å². The van der Waals surface area contributed by atoms with Crippen LogP contribution < -0.4 is 4.74 Å². The van der Waals surface area contributed by atoms with Crippen molar-refractivity contribution in [2.24, 2.45) is 7.05 Å². The molecule has 1 aliphatic rings. The Bertz CT molecular complexity index is 776. The van der Waals surface area contributed by atoms with Crippen molar-refractivity contribution < 1.29 is 31.8 Å². The van der Waals surface area contributed by atoms with Crippen LogP contribution in [0.1, 0.15) is 31.1 Å². The van der Waals surface area contributed by atoms with Gasteiger partial charge >= 0.3 is 5.51 Å². The minimum atomic E-state index is -4.66. The van der Waals surface area contributed by atoms with E-state index in [4.69, 9.17) is 4.74 Å². The summed E-state index contributed by atoms with van der Waals surface area (Å²) in [5.74, 6) is -3.33. The average molecular weight is 396 g/mol. The zero-order valence-corrected chi connectivity index (χ0v) is 15.0. The number of benzene rings is 1. The molecule has 1 N–H and O–H groups in total. The van der Waals surface area contributed by atoms with Crippen LogP contribution in [-0.4, -0.2) is 26.3 Å². The van der Waals surface area contributed by atoms with Gasteiger partial charge in [0, 0.05) is 29.5 Å². The van der Waals surface area contributed by atoms with Gasteiger partial charge in [-0.2, -0.15) is 18.3 Å². The summed E-state index contributed by atoms with van der Waals surface area (Å²) < 4.78 is 72.5. The highest BCUT2D eigenvalue weighted by atomic mass is 32.2. The number of hydrogen-bond acceptors (Lipinski definition) is 4. The topological polar surface area (TPSA) is 47.3 Å². The van der Waals surface area contributed by atoms with E-state index in [9.17, 15) is 27.1 Å². The zero-order chi connectivity index (χ0) is 19.7. The number of aliphatic hydroxyl groups excluding tert-OH is 1. The number of aliphatic hydroxyl groups is 1. The van der Waals surface area contributed by atoms with Gasteiger partial charge in [0.15, 0.2) is 5.75 Å². The van der Waals surface area contributed by atoms with Crippen LogP contribution in [0.2, 0.25) is 0 Å². The molecule has 4 nitrogen and oxygen atoms in total. The Balaban J connectivity index is 0.00000117. The van der Waals surface area contributed by atoms with Gasteiger partial charge in [0.05, 0.1) is 12.4 Å². The number of nitrogens with zero attached hydrogens (tertiary/aromatic N) is 2. The summed E-state index contributed by atoms with van der Waals surface area (Å²) in [5, 5.41) is 13.6. The Hall–Kier alpha value is -1.81. The van der Waals surface area contributed by atoms with E-state index in [-0.39, 0.29) is 17.1 Å². The van der Waals surface area contributed by atoms with Crippen LogP contribution in [0, 0.1) is 0 Å². The number of aromatic nitrogens is 2. The van der Waals surface area contributed by atoms with Crippen LogP contribution in [-0.2, 0) is 13.5 Å². The van der Waals surface area contributed by atoms with Crippen LogP contribution in [0.25, 0.3) is 0 Å². The number of alkyl halides is 5. The number of fused-ring (bicyclic) bond motifs is 1. The lowest BCUT2D eigenvalue weighted by Gasteiger charge is -2.16. The zero-order valence-electron chi connectivity index (χ0n) is 14.1. The maximum atomic E-state index is 13.9. The SMILES string of the molecule is CC.Cn1cc(Oc2ccc(SC(F)(F)F)c3c2CC(F)(F)C3O)cn1. The molecule has 0 aliphatic heterocycles. The highest BCUT2D eigenvalue weighted by Crippen LogP contribution is 2.52. The fourth-order valence-electron chi connectivity index (χ4n) is 2.54. The lowest BCUT2D eigenvalue weighted by Crippen LogP contribution is -2.21. The van der Waals surface area contributed by atoms with E-state index in [2.05, 4.69) is 5.10 Å². The first-order chi connectivity index (χ1) is 12.1. The largest absolute Gasteiger partial charge is 0.454 e. The molecule has 1 heterocycles. The predicted octanol–water partition coefficient (Wildman–Crippen LogP) is 5.08. The third kappa shape index (κ3) is 4.29. The van der Waals surface area contributed by atoms with Crippen LogP contribution >= 0.6 is 11.8 Å². The summed E-state index contributed by atoms with van der Waals surface area (Å²) in [6, 6.07) is 2.21. The van der Waals surface area contributed by atoms with Gasteiger partial charge < -0.3 is 9.84 Å².